The van der Waals surface area contributed by atoms with E-state index < -0.39 is 5.91 Å². The second kappa shape index (κ2) is 7.55. The normalized spacial score (nSPS) is 11.8. The summed E-state index contributed by atoms with van der Waals surface area (Å²) in [5.74, 6) is 0.240. The largest absolute Gasteiger partial charge is 0.508 e. The number of anilines is 1. The van der Waals surface area contributed by atoms with E-state index in [1.165, 1.54) is 18.3 Å². The maximum atomic E-state index is 12.2. The molecule has 2 rings (SSSR count). The summed E-state index contributed by atoms with van der Waals surface area (Å²) in [5, 5.41) is 12.4. The van der Waals surface area contributed by atoms with Gasteiger partial charge in [0.1, 0.15) is 17.6 Å². The zero-order valence-electron chi connectivity index (χ0n) is 13.2. The van der Waals surface area contributed by atoms with Gasteiger partial charge in [0.05, 0.1) is 24.7 Å². The first-order valence-corrected chi connectivity index (χ1v) is 7.07. The van der Waals surface area contributed by atoms with Crippen LogP contribution in [0.25, 0.3) is 0 Å². The fourth-order valence-electron chi connectivity index (χ4n) is 1.93. The lowest BCUT2D eigenvalue weighted by atomic mass is 10.2. The molecular formula is C16H19N3O4. The number of methoxy groups -OCH3 is 1. The lowest BCUT2D eigenvalue weighted by Crippen LogP contribution is -2.18. The third-order valence-electron chi connectivity index (χ3n) is 2.91. The van der Waals surface area contributed by atoms with E-state index in [2.05, 4.69) is 15.3 Å². The Bertz CT molecular complexity index is 674. The van der Waals surface area contributed by atoms with Gasteiger partial charge in [0.25, 0.3) is 5.91 Å². The predicted octanol–water partition coefficient (Wildman–Crippen LogP) is 2.16. The monoisotopic (exact) mass is 317 g/mol. The van der Waals surface area contributed by atoms with Crippen molar-refractivity contribution in [3.8, 4) is 11.5 Å². The van der Waals surface area contributed by atoms with Gasteiger partial charge >= 0.3 is 0 Å². The second-order valence-corrected chi connectivity index (χ2v) is 5.10. The molecule has 0 aliphatic carbocycles. The van der Waals surface area contributed by atoms with Gasteiger partial charge < -0.3 is 19.9 Å². The molecule has 1 amide bonds. The fourth-order valence-corrected chi connectivity index (χ4v) is 1.93. The van der Waals surface area contributed by atoms with Gasteiger partial charge in [0.2, 0.25) is 0 Å². The second-order valence-electron chi connectivity index (χ2n) is 5.10. The molecule has 1 atom stereocenters. The number of aromatic hydroxyl groups is 1. The summed E-state index contributed by atoms with van der Waals surface area (Å²) in [4.78, 5) is 20.4. The van der Waals surface area contributed by atoms with E-state index in [1.54, 1.807) is 26.3 Å². The van der Waals surface area contributed by atoms with Gasteiger partial charge in [0, 0.05) is 18.7 Å². The number of rotatable bonds is 6. The lowest BCUT2D eigenvalue weighted by Gasteiger charge is -2.14. The molecular weight excluding hydrogens is 298 g/mol. The van der Waals surface area contributed by atoms with Crippen LogP contribution in [0.5, 0.6) is 11.5 Å². The van der Waals surface area contributed by atoms with Crippen LogP contribution in [0.3, 0.4) is 0 Å². The minimum Gasteiger partial charge on any atom is -0.508 e. The van der Waals surface area contributed by atoms with Crippen molar-refractivity contribution in [2.45, 2.75) is 20.0 Å². The lowest BCUT2D eigenvalue weighted by molar-refractivity contribution is 0.0915. The molecule has 2 N–H and O–H groups in total. The maximum absolute atomic E-state index is 12.2. The first kappa shape index (κ1) is 16.7. The molecule has 2 aromatic rings. The quantitative estimate of drug-likeness (QED) is 0.848. The number of carbonyl (C=O) groups excluding carboxylic acids is 1. The predicted molar refractivity (Wildman–Crippen MR) is 84.8 cm³/mol. The molecule has 23 heavy (non-hydrogen) atoms. The van der Waals surface area contributed by atoms with E-state index in [1.807, 2.05) is 6.92 Å². The van der Waals surface area contributed by atoms with Crippen molar-refractivity contribution >= 4 is 11.7 Å². The van der Waals surface area contributed by atoms with E-state index in [0.29, 0.717) is 18.2 Å². The van der Waals surface area contributed by atoms with Crippen LogP contribution >= 0.6 is 0 Å². The topological polar surface area (TPSA) is 93.6 Å². The van der Waals surface area contributed by atoms with Crippen molar-refractivity contribution in [3.63, 3.8) is 0 Å². The smallest absolute Gasteiger partial charge is 0.257 e. The van der Waals surface area contributed by atoms with Crippen LogP contribution in [-0.2, 0) is 4.74 Å². The zero-order chi connectivity index (χ0) is 16.8. The molecule has 0 aliphatic heterocycles. The van der Waals surface area contributed by atoms with E-state index in [4.69, 9.17) is 9.47 Å². The molecule has 0 bridgehead atoms. The highest BCUT2D eigenvalue weighted by atomic mass is 16.5. The molecule has 0 spiro atoms. The Morgan fingerprint density at radius 3 is 2.74 bits per heavy atom. The summed E-state index contributed by atoms with van der Waals surface area (Å²) >= 11 is 0. The Hall–Kier alpha value is -2.67. The number of ether oxygens (including phenoxy) is 2. The van der Waals surface area contributed by atoms with Gasteiger partial charge in [-0.25, -0.2) is 4.98 Å². The Balaban J connectivity index is 2.13. The molecule has 1 heterocycles. The van der Waals surface area contributed by atoms with Crippen LogP contribution in [-0.4, -0.2) is 40.8 Å². The van der Waals surface area contributed by atoms with Crippen LogP contribution in [0, 0.1) is 6.92 Å². The van der Waals surface area contributed by atoms with Gasteiger partial charge in [-0.3, -0.25) is 9.78 Å². The number of phenols is 1. The van der Waals surface area contributed by atoms with Crippen molar-refractivity contribution in [3.05, 3.63) is 41.9 Å². The minimum atomic E-state index is -0.414. The maximum Gasteiger partial charge on any atom is 0.257 e. The van der Waals surface area contributed by atoms with Gasteiger partial charge in [-0.15, -0.1) is 0 Å². The standard InChI is InChI=1S/C16H19N3O4/c1-10-7-18-15(8-17-10)19-16(21)12-4-13(20)6-14(5-12)23-11(2)9-22-3/h4-8,11,20H,9H2,1-3H3,(H,18,19,21). The molecule has 0 saturated heterocycles. The van der Waals surface area contributed by atoms with Crippen LogP contribution < -0.4 is 10.1 Å². The summed E-state index contributed by atoms with van der Waals surface area (Å²) in [6, 6.07) is 4.34. The van der Waals surface area contributed by atoms with E-state index in [9.17, 15) is 9.90 Å². The SMILES string of the molecule is COCC(C)Oc1cc(O)cc(C(=O)Nc2cnc(C)cn2)c1. The Kier molecular flexibility index (Phi) is 5.48. The molecule has 0 saturated carbocycles. The highest BCUT2D eigenvalue weighted by molar-refractivity contribution is 6.04. The number of nitrogens with one attached hydrogen (secondary N) is 1. The van der Waals surface area contributed by atoms with Crippen LogP contribution in [0.1, 0.15) is 23.0 Å². The zero-order valence-corrected chi connectivity index (χ0v) is 13.2. The fraction of sp³-hybridized carbons (Fsp3) is 0.312. The number of hydrogen-bond donors (Lipinski definition) is 2. The molecule has 0 aliphatic rings. The van der Waals surface area contributed by atoms with E-state index in [-0.39, 0.29) is 17.4 Å². The molecule has 0 fully saturated rings. The average Bonchev–Trinajstić information content (AvgIpc) is 2.49. The molecule has 1 unspecified atom stereocenters. The third-order valence-corrected chi connectivity index (χ3v) is 2.91. The average molecular weight is 317 g/mol. The molecule has 7 nitrogen and oxygen atoms in total. The third kappa shape index (κ3) is 4.93. The van der Waals surface area contributed by atoms with Crippen LogP contribution in [0.2, 0.25) is 0 Å². The van der Waals surface area contributed by atoms with Crippen molar-refractivity contribution < 1.29 is 19.4 Å². The molecule has 1 aromatic heterocycles. The summed E-state index contributed by atoms with van der Waals surface area (Å²) < 4.78 is 10.6. The van der Waals surface area contributed by atoms with Crippen molar-refractivity contribution in [2.75, 3.05) is 19.0 Å². The molecule has 122 valence electrons. The molecule has 0 radical (unpaired) electrons. The first-order chi connectivity index (χ1) is 11.0. The molecule has 1 aromatic carbocycles. The van der Waals surface area contributed by atoms with Gasteiger partial charge in [0.15, 0.2) is 5.82 Å². The van der Waals surface area contributed by atoms with E-state index >= 15 is 0 Å². The summed E-state index contributed by atoms with van der Waals surface area (Å²) in [6.07, 6.45) is 2.81. The Morgan fingerprint density at radius 1 is 1.30 bits per heavy atom. The number of benzene rings is 1. The Morgan fingerprint density at radius 2 is 2.09 bits per heavy atom. The number of phenolic OH excluding ortho intramolecular Hbond substituents is 1. The summed E-state index contributed by atoms with van der Waals surface area (Å²) in [6.45, 7) is 4.03. The number of nitrogens with zero attached hydrogens (tertiary/aromatic N) is 2. The number of hydrogen-bond acceptors (Lipinski definition) is 6. The van der Waals surface area contributed by atoms with Crippen LogP contribution in [0.15, 0.2) is 30.6 Å². The Labute approximate surface area is 134 Å². The molecule has 7 heteroatoms. The van der Waals surface area contributed by atoms with Crippen molar-refractivity contribution in [1.82, 2.24) is 9.97 Å². The number of aryl methyl sites for hydroxylation is 1. The highest BCUT2D eigenvalue weighted by Crippen LogP contribution is 2.23. The van der Waals surface area contributed by atoms with E-state index in [0.717, 1.165) is 5.69 Å². The van der Waals surface area contributed by atoms with Crippen LogP contribution in [0.4, 0.5) is 5.82 Å². The number of amides is 1. The first-order valence-electron chi connectivity index (χ1n) is 7.07. The summed E-state index contributed by atoms with van der Waals surface area (Å²) in [7, 11) is 1.57. The van der Waals surface area contributed by atoms with Gasteiger partial charge in [-0.1, -0.05) is 0 Å². The van der Waals surface area contributed by atoms with Crippen molar-refractivity contribution in [1.29, 1.82) is 0 Å². The number of carbonyl (C=O) groups is 1. The van der Waals surface area contributed by atoms with Gasteiger partial charge in [-0.2, -0.15) is 0 Å². The highest BCUT2D eigenvalue weighted by Gasteiger charge is 2.12. The summed E-state index contributed by atoms with van der Waals surface area (Å²) in [5.41, 5.74) is 1.01. The van der Waals surface area contributed by atoms with Gasteiger partial charge in [-0.05, 0) is 26.0 Å². The minimum absolute atomic E-state index is 0.0627. The number of aromatic nitrogens is 2. The van der Waals surface area contributed by atoms with Crippen molar-refractivity contribution in [2.24, 2.45) is 0 Å².